The molecule has 0 radical (unpaired) electrons. The number of hydrogen-bond donors (Lipinski definition) is 0. The van der Waals surface area contributed by atoms with E-state index in [0.29, 0.717) is 18.4 Å². The maximum Gasteiger partial charge on any atom is 0.224 e. The van der Waals surface area contributed by atoms with Gasteiger partial charge in [0.15, 0.2) is 0 Å². The van der Waals surface area contributed by atoms with Gasteiger partial charge in [-0.05, 0) is 37.8 Å². The number of anilines is 1. The lowest BCUT2D eigenvalue weighted by atomic mass is 9.99. The molecule has 3 heteroatoms. The maximum atomic E-state index is 12.4. The molecule has 20 heavy (non-hydrogen) atoms. The molecule has 1 heterocycles. The predicted octanol–water partition coefficient (Wildman–Crippen LogP) is 3.30. The summed E-state index contributed by atoms with van der Waals surface area (Å²) in [5.74, 6) is 0.319. The minimum Gasteiger partial charge on any atom is -0.374 e. The fourth-order valence-corrected chi connectivity index (χ4v) is 2.97. The summed E-state index contributed by atoms with van der Waals surface area (Å²) in [6.45, 7) is 3.93. The topological polar surface area (TPSA) is 23.6 Å². The first-order chi connectivity index (χ1) is 9.72. The number of benzene rings is 1. The van der Waals surface area contributed by atoms with E-state index in [0.717, 1.165) is 25.9 Å². The summed E-state index contributed by atoms with van der Waals surface area (Å²) in [6.07, 6.45) is 5.31. The monoisotopic (exact) mass is 274 g/mol. The zero-order valence-corrected chi connectivity index (χ0v) is 12.7. The van der Waals surface area contributed by atoms with Crippen LogP contribution in [0.2, 0.25) is 0 Å². The third-order valence-electron chi connectivity index (χ3n) is 4.28. The van der Waals surface area contributed by atoms with Crippen molar-refractivity contribution >= 4 is 11.6 Å². The van der Waals surface area contributed by atoms with Crippen molar-refractivity contribution in [2.45, 2.75) is 45.1 Å². The highest BCUT2D eigenvalue weighted by atomic mass is 16.2. The van der Waals surface area contributed by atoms with Crippen LogP contribution in [-0.2, 0) is 4.79 Å². The van der Waals surface area contributed by atoms with Crippen molar-refractivity contribution in [2.24, 2.45) is 0 Å². The Kier molecular flexibility index (Phi) is 5.45. The number of nitrogens with zero attached hydrogens (tertiary/aromatic N) is 2. The van der Waals surface area contributed by atoms with Crippen LogP contribution in [0, 0.1) is 0 Å². The van der Waals surface area contributed by atoms with Crippen LogP contribution in [0.1, 0.15) is 39.0 Å². The normalized spacial score (nSPS) is 18.9. The van der Waals surface area contributed by atoms with E-state index >= 15 is 0 Å². The van der Waals surface area contributed by atoms with Gasteiger partial charge < -0.3 is 9.80 Å². The largest absolute Gasteiger partial charge is 0.374 e. The van der Waals surface area contributed by atoms with Crippen molar-refractivity contribution in [2.75, 3.05) is 25.0 Å². The standard InChI is InChI=1S/C17H26N2O/c1-3-15-9-7-8-13-19(15)17(20)12-14-18(2)16-10-5-4-6-11-16/h4-6,10-11,15H,3,7-9,12-14H2,1-2H3. The molecule has 1 aromatic rings. The van der Waals surface area contributed by atoms with Crippen LogP contribution >= 0.6 is 0 Å². The molecule has 1 saturated heterocycles. The molecule has 0 aromatic heterocycles. The number of carbonyl (C=O) groups is 1. The number of hydrogen-bond acceptors (Lipinski definition) is 2. The molecule has 3 nitrogen and oxygen atoms in total. The van der Waals surface area contributed by atoms with E-state index in [9.17, 15) is 4.79 Å². The minimum atomic E-state index is 0.319. The minimum absolute atomic E-state index is 0.319. The van der Waals surface area contributed by atoms with Crippen LogP contribution in [-0.4, -0.2) is 37.0 Å². The lowest BCUT2D eigenvalue weighted by molar-refractivity contribution is -0.134. The Morgan fingerprint density at radius 1 is 1.30 bits per heavy atom. The van der Waals surface area contributed by atoms with Crippen LogP contribution in [0.3, 0.4) is 0 Å². The summed E-state index contributed by atoms with van der Waals surface area (Å²) in [7, 11) is 2.05. The van der Waals surface area contributed by atoms with E-state index in [2.05, 4.69) is 35.9 Å². The fourth-order valence-electron chi connectivity index (χ4n) is 2.97. The summed E-state index contributed by atoms with van der Waals surface area (Å²) in [4.78, 5) is 16.7. The second-order valence-corrected chi connectivity index (χ2v) is 5.65. The molecule has 1 atom stereocenters. The second kappa shape index (κ2) is 7.32. The van der Waals surface area contributed by atoms with Crippen LogP contribution < -0.4 is 4.90 Å². The molecule has 1 aromatic carbocycles. The highest BCUT2D eigenvalue weighted by molar-refractivity contribution is 5.77. The molecule has 0 bridgehead atoms. The van der Waals surface area contributed by atoms with E-state index in [4.69, 9.17) is 0 Å². The maximum absolute atomic E-state index is 12.4. The van der Waals surface area contributed by atoms with Crippen molar-refractivity contribution in [3.05, 3.63) is 30.3 Å². The van der Waals surface area contributed by atoms with Gasteiger partial charge >= 0.3 is 0 Å². The molecule has 1 aliphatic heterocycles. The van der Waals surface area contributed by atoms with Crippen molar-refractivity contribution in [3.63, 3.8) is 0 Å². The fraction of sp³-hybridized carbons (Fsp3) is 0.588. The van der Waals surface area contributed by atoms with Crippen molar-refractivity contribution in [3.8, 4) is 0 Å². The van der Waals surface area contributed by atoms with Gasteiger partial charge in [-0.3, -0.25) is 4.79 Å². The first-order valence-corrected chi connectivity index (χ1v) is 7.78. The zero-order valence-electron chi connectivity index (χ0n) is 12.7. The SMILES string of the molecule is CCC1CCCCN1C(=O)CCN(C)c1ccccc1. The molecule has 1 unspecified atom stereocenters. The molecule has 2 rings (SSSR count). The zero-order chi connectivity index (χ0) is 14.4. The van der Waals surface area contributed by atoms with Crippen molar-refractivity contribution < 1.29 is 4.79 Å². The number of likely N-dealkylation sites (tertiary alicyclic amines) is 1. The van der Waals surface area contributed by atoms with Gasteiger partial charge in [0.2, 0.25) is 5.91 Å². The molecule has 0 N–H and O–H groups in total. The van der Waals surface area contributed by atoms with E-state index in [1.54, 1.807) is 0 Å². The Hall–Kier alpha value is -1.51. The molecule has 1 fully saturated rings. The predicted molar refractivity (Wildman–Crippen MR) is 84.0 cm³/mol. The Labute approximate surface area is 122 Å². The van der Waals surface area contributed by atoms with Crippen LogP contribution in [0.5, 0.6) is 0 Å². The first-order valence-electron chi connectivity index (χ1n) is 7.78. The van der Waals surface area contributed by atoms with E-state index in [1.807, 2.05) is 18.2 Å². The molecular weight excluding hydrogens is 248 g/mol. The van der Waals surface area contributed by atoms with Gasteiger partial charge in [-0.25, -0.2) is 0 Å². The number of rotatable bonds is 5. The molecule has 0 spiro atoms. The third kappa shape index (κ3) is 3.75. The number of carbonyl (C=O) groups excluding carboxylic acids is 1. The lowest BCUT2D eigenvalue weighted by Crippen LogP contribution is -2.44. The molecule has 110 valence electrons. The average molecular weight is 274 g/mol. The summed E-state index contributed by atoms with van der Waals surface area (Å²) in [5, 5.41) is 0. The van der Waals surface area contributed by atoms with Gasteiger partial charge in [0, 0.05) is 38.3 Å². The molecule has 1 amide bonds. The Morgan fingerprint density at radius 3 is 2.75 bits per heavy atom. The van der Waals surface area contributed by atoms with Crippen molar-refractivity contribution in [1.29, 1.82) is 0 Å². The van der Waals surface area contributed by atoms with Gasteiger partial charge in [0.05, 0.1) is 0 Å². The summed E-state index contributed by atoms with van der Waals surface area (Å²) >= 11 is 0. The van der Waals surface area contributed by atoms with Crippen LogP contribution in [0.15, 0.2) is 30.3 Å². The van der Waals surface area contributed by atoms with E-state index in [-0.39, 0.29) is 0 Å². The molecule has 0 saturated carbocycles. The van der Waals surface area contributed by atoms with Crippen molar-refractivity contribution in [1.82, 2.24) is 4.90 Å². The van der Waals surface area contributed by atoms with Crippen LogP contribution in [0.4, 0.5) is 5.69 Å². The van der Waals surface area contributed by atoms with Gasteiger partial charge in [-0.1, -0.05) is 25.1 Å². The summed E-state index contributed by atoms with van der Waals surface area (Å²) in [6, 6.07) is 10.7. The third-order valence-corrected chi connectivity index (χ3v) is 4.28. The lowest BCUT2D eigenvalue weighted by Gasteiger charge is -2.35. The number of amides is 1. The van der Waals surface area contributed by atoms with E-state index < -0.39 is 0 Å². The Bertz CT molecular complexity index is 418. The number of piperidine rings is 1. The Morgan fingerprint density at radius 2 is 2.05 bits per heavy atom. The second-order valence-electron chi connectivity index (χ2n) is 5.65. The summed E-state index contributed by atoms with van der Waals surface area (Å²) < 4.78 is 0. The quantitative estimate of drug-likeness (QED) is 0.822. The van der Waals surface area contributed by atoms with Gasteiger partial charge in [-0.15, -0.1) is 0 Å². The highest BCUT2D eigenvalue weighted by Gasteiger charge is 2.24. The molecule has 1 aliphatic rings. The summed E-state index contributed by atoms with van der Waals surface area (Å²) in [5.41, 5.74) is 1.17. The molecular formula is C17H26N2O. The average Bonchev–Trinajstić information content (AvgIpc) is 2.53. The first kappa shape index (κ1) is 14.9. The highest BCUT2D eigenvalue weighted by Crippen LogP contribution is 2.20. The smallest absolute Gasteiger partial charge is 0.224 e. The Balaban J connectivity index is 1.85. The van der Waals surface area contributed by atoms with Gasteiger partial charge in [0.1, 0.15) is 0 Å². The number of para-hydroxylation sites is 1. The van der Waals surface area contributed by atoms with Gasteiger partial charge in [0.25, 0.3) is 0 Å². The van der Waals surface area contributed by atoms with Crippen LogP contribution in [0.25, 0.3) is 0 Å². The molecule has 0 aliphatic carbocycles. The van der Waals surface area contributed by atoms with E-state index in [1.165, 1.54) is 18.5 Å². The van der Waals surface area contributed by atoms with Gasteiger partial charge in [-0.2, -0.15) is 0 Å².